The lowest BCUT2D eigenvalue weighted by Gasteiger charge is -2.33. The minimum Gasteiger partial charge on any atom is -0.481 e. The Labute approximate surface area is 171 Å². The summed E-state index contributed by atoms with van der Waals surface area (Å²) in [7, 11) is 0. The molecular formula is C23H27N3O3. The van der Waals surface area contributed by atoms with Crippen LogP contribution in [0.1, 0.15) is 36.0 Å². The summed E-state index contributed by atoms with van der Waals surface area (Å²) in [6.45, 7) is 4.04. The molecule has 152 valence electrons. The number of hydrogen-bond donors (Lipinski definition) is 1. The van der Waals surface area contributed by atoms with Gasteiger partial charge in [0.05, 0.1) is 6.42 Å². The third-order valence-corrected chi connectivity index (χ3v) is 6.12. The molecular weight excluding hydrogens is 366 g/mol. The fourth-order valence-corrected chi connectivity index (χ4v) is 4.74. The molecule has 6 heteroatoms. The highest BCUT2D eigenvalue weighted by Crippen LogP contribution is 2.39. The van der Waals surface area contributed by atoms with E-state index in [9.17, 15) is 9.59 Å². The Bertz CT molecular complexity index is 886. The summed E-state index contributed by atoms with van der Waals surface area (Å²) in [4.78, 5) is 32.3. The monoisotopic (exact) mass is 393 g/mol. The second-order valence-corrected chi connectivity index (χ2v) is 8.41. The normalized spacial score (nSPS) is 21.7. The minimum atomic E-state index is -0.924. The summed E-state index contributed by atoms with van der Waals surface area (Å²) in [5.41, 5.74) is 3.70. The van der Waals surface area contributed by atoms with Crippen LogP contribution < -0.4 is 0 Å². The van der Waals surface area contributed by atoms with Gasteiger partial charge in [0.15, 0.2) is 0 Å². The lowest BCUT2D eigenvalue weighted by atomic mass is 9.80. The Morgan fingerprint density at radius 2 is 1.90 bits per heavy atom. The van der Waals surface area contributed by atoms with E-state index in [0.717, 1.165) is 32.5 Å². The Kier molecular flexibility index (Phi) is 5.62. The van der Waals surface area contributed by atoms with E-state index in [4.69, 9.17) is 5.11 Å². The Morgan fingerprint density at radius 1 is 1.07 bits per heavy atom. The highest BCUT2D eigenvalue weighted by molar-refractivity contribution is 5.80. The molecule has 1 saturated heterocycles. The van der Waals surface area contributed by atoms with Crippen molar-refractivity contribution in [2.24, 2.45) is 5.41 Å². The van der Waals surface area contributed by atoms with Crippen LogP contribution in [0.3, 0.4) is 0 Å². The van der Waals surface area contributed by atoms with E-state index in [2.05, 4.69) is 34.1 Å². The number of hydrogen-bond acceptors (Lipinski definition) is 4. The van der Waals surface area contributed by atoms with Gasteiger partial charge in [-0.2, -0.15) is 0 Å². The molecule has 2 aromatic rings. The molecule has 1 aromatic heterocycles. The third-order valence-electron chi connectivity index (χ3n) is 6.12. The van der Waals surface area contributed by atoms with Crippen molar-refractivity contribution in [3.05, 3.63) is 65.5 Å². The van der Waals surface area contributed by atoms with Gasteiger partial charge in [-0.15, -0.1) is 0 Å². The van der Waals surface area contributed by atoms with Crippen LogP contribution in [0.4, 0.5) is 0 Å². The van der Waals surface area contributed by atoms with E-state index in [0.29, 0.717) is 13.1 Å². The molecule has 2 aliphatic heterocycles. The molecule has 4 rings (SSSR count). The van der Waals surface area contributed by atoms with Crippen molar-refractivity contribution in [3.8, 4) is 0 Å². The van der Waals surface area contributed by atoms with E-state index >= 15 is 0 Å². The molecule has 1 fully saturated rings. The second kappa shape index (κ2) is 8.33. The van der Waals surface area contributed by atoms with E-state index < -0.39 is 5.97 Å². The first kappa shape index (κ1) is 19.6. The number of aliphatic carboxylic acids is 1. The Morgan fingerprint density at radius 3 is 2.66 bits per heavy atom. The lowest BCUT2D eigenvalue weighted by molar-refractivity contribution is -0.141. The molecule has 0 saturated carbocycles. The number of likely N-dealkylation sites (tertiary alicyclic amines) is 1. The Hall–Kier alpha value is -2.73. The van der Waals surface area contributed by atoms with Crippen LogP contribution >= 0.6 is 0 Å². The molecule has 1 spiro atoms. The van der Waals surface area contributed by atoms with Crippen molar-refractivity contribution in [3.63, 3.8) is 0 Å². The summed E-state index contributed by atoms with van der Waals surface area (Å²) >= 11 is 0. The molecule has 1 unspecified atom stereocenters. The van der Waals surface area contributed by atoms with Crippen molar-refractivity contribution in [1.82, 2.24) is 14.8 Å². The fraction of sp³-hybridized carbons (Fsp3) is 0.435. The standard InChI is InChI=1S/C23H27N3O3/c27-21(7-8-22(28)29)26-15-20-6-2-1-5-19(20)12-23(17-26)9-11-25(16-23)14-18-4-3-10-24-13-18/h1-6,10,13H,7-9,11-12,14-17H2,(H,28,29). The van der Waals surface area contributed by atoms with Crippen LogP contribution in [-0.4, -0.2) is 51.4 Å². The van der Waals surface area contributed by atoms with Crippen LogP contribution in [0.15, 0.2) is 48.8 Å². The predicted molar refractivity (Wildman–Crippen MR) is 109 cm³/mol. The molecule has 0 bridgehead atoms. The molecule has 0 radical (unpaired) electrons. The average Bonchev–Trinajstić information content (AvgIpc) is 3.00. The van der Waals surface area contributed by atoms with Gasteiger partial charge < -0.3 is 10.0 Å². The zero-order valence-corrected chi connectivity index (χ0v) is 16.6. The minimum absolute atomic E-state index is 0.00763. The molecule has 0 aliphatic carbocycles. The number of carbonyl (C=O) groups excluding carboxylic acids is 1. The van der Waals surface area contributed by atoms with Crippen molar-refractivity contribution in [2.45, 2.75) is 38.8 Å². The number of rotatable bonds is 5. The van der Waals surface area contributed by atoms with Gasteiger partial charge in [0, 0.05) is 50.4 Å². The maximum Gasteiger partial charge on any atom is 0.303 e. The Balaban J connectivity index is 1.54. The van der Waals surface area contributed by atoms with Crippen molar-refractivity contribution >= 4 is 11.9 Å². The number of nitrogens with zero attached hydrogens (tertiary/aromatic N) is 3. The fourth-order valence-electron chi connectivity index (χ4n) is 4.74. The van der Waals surface area contributed by atoms with E-state index in [1.807, 2.05) is 23.2 Å². The third kappa shape index (κ3) is 4.65. The molecule has 1 N–H and O–H groups in total. The van der Waals surface area contributed by atoms with Crippen LogP contribution in [-0.2, 0) is 29.1 Å². The number of carbonyl (C=O) groups is 2. The number of aromatic nitrogens is 1. The van der Waals surface area contributed by atoms with Gasteiger partial charge in [-0.05, 0) is 42.1 Å². The van der Waals surface area contributed by atoms with Crippen LogP contribution in [0, 0.1) is 5.41 Å². The van der Waals surface area contributed by atoms with Crippen LogP contribution in [0.2, 0.25) is 0 Å². The number of benzene rings is 1. The summed E-state index contributed by atoms with van der Waals surface area (Å²) in [6.07, 6.45) is 5.64. The number of fused-ring (bicyclic) bond motifs is 1. The van der Waals surface area contributed by atoms with Crippen LogP contribution in [0.25, 0.3) is 0 Å². The van der Waals surface area contributed by atoms with Crippen LogP contribution in [0.5, 0.6) is 0 Å². The summed E-state index contributed by atoms with van der Waals surface area (Å²) in [5, 5.41) is 8.97. The van der Waals surface area contributed by atoms with Crippen molar-refractivity contribution < 1.29 is 14.7 Å². The smallest absolute Gasteiger partial charge is 0.303 e. The van der Waals surface area contributed by atoms with Gasteiger partial charge in [-0.1, -0.05) is 30.3 Å². The maximum atomic E-state index is 12.8. The van der Waals surface area contributed by atoms with Gasteiger partial charge in [0.25, 0.3) is 0 Å². The predicted octanol–water partition coefficient (Wildman–Crippen LogP) is 2.72. The highest BCUT2D eigenvalue weighted by Gasteiger charge is 2.42. The molecule has 3 heterocycles. The zero-order chi connectivity index (χ0) is 20.3. The first-order valence-electron chi connectivity index (χ1n) is 10.2. The first-order chi connectivity index (χ1) is 14.0. The number of carboxylic acids is 1. The number of amides is 1. The first-order valence-corrected chi connectivity index (χ1v) is 10.2. The highest BCUT2D eigenvalue weighted by atomic mass is 16.4. The van der Waals surface area contributed by atoms with Crippen molar-refractivity contribution in [1.29, 1.82) is 0 Å². The number of pyridine rings is 1. The zero-order valence-electron chi connectivity index (χ0n) is 16.6. The molecule has 2 aliphatic rings. The average molecular weight is 393 g/mol. The molecule has 1 amide bonds. The largest absolute Gasteiger partial charge is 0.481 e. The number of carboxylic acid groups (broad SMARTS) is 1. The molecule has 6 nitrogen and oxygen atoms in total. The van der Waals surface area contributed by atoms with E-state index in [1.165, 1.54) is 16.7 Å². The van der Waals surface area contributed by atoms with Gasteiger partial charge in [-0.3, -0.25) is 19.5 Å². The SMILES string of the molecule is O=C(O)CCC(=O)N1Cc2ccccc2CC2(CCN(Cc3cccnc3)C2)C1. The molecule has 29 heavy (non-hydrogen) atoms. The maximum absolute atomic E-state index is 12.8. The topological polar surface area (TPSA) is 73.7 Å². The lowest BCUT2D eigenvalue weighted by Crippen LogP contribution is -2.42. The quantitative estimate of drug-likeness (QED) is 0.846. The van der Waals surface area contributed by atoms with Gasteiger partial charge >= 0.3 is 5.97 Å². The summed E-state index contributed by atoms with van der Waals surface area (Å²) in [5.74, 6) is -0.985. The van der Waals surface area contributed by atoms with Crippen molar-refractivity contribution in [2.75, 3.05) is 19.6 Å². The van der Waals surface area contributed by atoms with Gasteiger partial charge in [-0.25, -0.2) is 0 Å². The molecule has 1 atom stereocenters. The summed E-state index contributed by atoms with van der Waals surface area (Å²) < 4.78 is 0. The summed E-state index contributed by atoms with van der Waals surface area (Å²) in [6, 6.07) is 12.4. The van der Waals surface area contributed by atoms with E-state index in [1.54, 1.807) is 6.20 Å². The molecule has 1 aromatic carbocycles. The van der Waals surface area contributed by atoms with Gasteiger partial charge in [0.1, 0.15) is 0 Å². The van der Waals surface area contributed by atoms with E-state index in [-0.39, 0.29) is 24.2 Å². The van der Waals surface area contributed by atoms with Gasteiger partial charge in [0.2, 0.25) is 5.91 Å². The second-order valence-electron chi connectivity index (χ2n) is 8.41.